The largest absolute Gasteiger partial charge is 0.481 e. The van der Waals surface area contributed by atoms with Gasteiger partial charge in [0.15, 0.2) is 29.2 Å². The van der Waals surface area contributed by atoms with Crippen molar-refractivity contribution in [1.82, 2.24) is 73.2 Å². The molecule has 16 atom stereocenters. The first-order chi connectivity index (χ1) is 52.1. The number of nitrogens with two attached hydrogens (primary N) is 3. The lowest BCUT2D eigenvalue weighted by atomic mass is 9.96. The van der Waals surface area contributed by atoms with Crippen LogP contribution < -0.4 is 75.7 Å². The number of aliphatic carboxylic acids is 1. The third kappa shape index (κ3) is 23.9. The summed E-state index contributed by atoms with van der Waals surface area (Å²) in [4.78, 5) is 224. The van der Waals surface area contributed by atoms with E-state index in [1.54, 1.807) is 20.8 Å². The van der Waals surface area contributed by atoms with Crippen LogP contribution in [0.2, 0.25) is 0 Å². The molecule has 1 aromatic carbocycles. The molecule has 5 aliphatic rings. The van der Waals surface area contributed by atoms with Gasteiger partial charge in [0.05, 0.1) is 25.7 Å². The summed E-state index contributed by atoms with van der Waals surface area (Å²) in [7, 11) is 1.24. The van der Waals surface area contributed by atoms with Crippen molar-refractivity contribution in [2.45, 2.75) is 216 Å². The lowest BCUT2D eigenvalue weighted by Crippen LogP contribution is -2.62. The third-order valence-corrected chi connectivity index (χ3v) is 22.1. The van der Waals surface area contributed by atoms with Gasteiger partial charge in [-0.15, -0.1) is 0 Å². The van der Waals surface area contributed by atoms with Crippen LogP contribution in [-0.4, -0.2) is 267 Å². The quantitative estimate of drug-likeness (QED) is 0.0125. The standard InChI is InChI=1S/C67H99F5N18O18S2/c1-6-30(3)51-62(104)84-39-28-109-110-29-40(59(101)87-53(32(5)92)63(105)79-35(14-8-9-19-73)56(98)82-38(27-91)57(99)86-52(31(4)7-2)66(108)90-23-13-18-43(90)65(107)89-22-12-17-42(89)61(103)85-51)83-55(97)34(15-10-20-76-67(74)75)78-44(93)26-77-54(96)36(25-45(94)95)80-60(102)41-16-11-21-88(41)64(106)37(81-58(39)100)24-33-46(68)48(70)50(72)49(71)47(33)69/h30-32,34-43,51-53,91-92H,6-29,73H2,1-5H3,(H,77,96)(H,78,93)(H,79,105)(H,80,102)(H,81,100)(H,82,98)(H,83,97)(H,84,104)(H,85,103)(H,86,99)(H,87,101)(H,94,95)(H4,74,75,76)/t30-,31-,32+,34-,35-,36-,37-,38-,39-,40-,41+,42-,43-,51-,52-,53-/m0/s1. The number of carbonyl (C=O) groups is 15. The average Bonchev–Trinajstić information content (AvgIpc) is 1.34. The van der Waals surface area contributed by atoms with E-state index in [4.69, 9.17) is 17.2 Å². The Labute approximate surface area is 637 Å². The number of nitrogens with one attached hydrogen (secondary N) is 11. The highest BCUT2D eigenvalue weighted by atomic mass is 33.1. The third-order valence-electron chi connectivity index (χ3n) is 19.7. The van der Waals surface area contributed by atoms with Crippen molar-refractivity contribution < 1.29 is 109 Å². The van der Waals surface area contributed by atoms with E-state index in [-0.39, 0.29) is 116 Å². The Hall–Kier alpha value is -9.23. The molecule has 5 aliphatic heterocycles. The molecule has 0 spiro atoms. The summed E-state index contributed by atoms with van der Waals surface area (Å²) in [5, 5.41) is 58.2. The minimum absolute atomic E-state index is 0.000756. The van der Waals surface area contributed by atoms with E-state index >= 15 is 31.9 Å². The monoisotopic (exact) mass is 1600 g/mol. The molecule has 43 heteroatoms. The van der Waals surface area contributed by atoms with Gasteiger partial charge in [0, 0.05) is 49.7 Å². The van der Waals surface area contributed by atoms with E-state index in [0.717, 1.165) is 6.92 Å². The lowest BCUT2D eigenvalue weighted by molar-refractivity contribution is -0.149. The van der Waals surface area contributed by atoms with E-state index in [1.807, 2.05) is 0 Å². The predicted molar refractivity (Wildman–Crippen MR) is 384 cm³/mol. The molecule has 612 valence electrons. The molecular formula is C67H99F5N18O18S2. The summed E-state index contributed by atoms with van der Waals surface area (Å²) in [5.74, 6) is -33.6. The van der Waals surface area contributed by atoms with E-state index in [1.165, 1.54) is 16.7 Å². The molecule has 14 amide bonds. The molecule has 0 saturated carbocycles. The van der Waals surface area contributed by atoms with Gasteiger partial charge in [-0.25, -0.2) is 22.0 Å². The summed E-state index contributed by atoms with van der Waals surface area (Å²) in [5.41, 5.74) is 15.2. The first-order valence-electron chi connectivity index (χ1n) is 36.3. The van der Waals surface area contributed by atoms with Crippen LogP contribution in [0.3, 0.4) is 0 Å². The van der Waals surface area contributed by atoms with Gasteiger partial charge in [-0.05, 0) is 95.9 Å². The second-order valence-electron chi connectivity index (χ2n) is 27.6. The van der Waals surface area contributed by atoms with E-state index < -0.39 is 264 Å². The maximum absolute atomic E-state index is 15.9. The van der Waals surface area contributed by atoms with E-state index in [0.29, 0.717) is 26.5 Å². The zero-order valence-electron chi connectivity index (χ0n) is 61.4. The molecule has 0 unspecified atom stereocenters. The second kappa shape index (κ2) is 42.3. The molecule has 5 saturated heterocycles. The molecule has 0 aromatic heterocycles. The number of guanidine groups is 1. The Morgan fingerprint density at radius 3 is 1.51 bits per heavy atom. The first-order valence-corrected chi connectivity index (χ1v) is 38.8. The Morgan fingerprint density at radius 2 is 0.955 bits per heavy atom. The number of amides is 14. The van der Waals surface area contributed by atoms with Crippen LogP contribution in [0, 0.1) is 40.9 Å². The Bertz CT molecular complexity index is 3580. The van der Waals surface area contributed by atoms with Crippen LogP contribution in [0.5, 0.6) is 0 Å². The van der Waals surface area contributed by atoms with Crippen LogP contribution >= 0.6 is 21.6 Å². The van der Waals surface area contributed by atoms with Crippen LogP contribution in [-0.2, 0) is 78.3 Å². The molecule has 0 radical (unpaired) electrons. The number of carboxylic acids is 1. The van der Waals surface area contributed by atoms with Crippen LogP contribution in [0.15, 0.2) is 4.99 Å². The van der Waals surface area contributed by atoms with Crippen molar-refractivity contribution in [1.29, 1.82) is 0 Å². The number of carbonyl (C=O) groups excluding carboxylic acids is 14. The number of halogens is 5. The average molecular weight is 1600 g/mol. The smallest absolute Gasteiger partial charge is 0.305 e. The van der Waals surface area contributed by atoms with Gasteiger partial charge in [0.1, 0.15) is 78.5 Å². The molecule has 36 nitrogen and oxygen atoms in total. The molecule has 5 fully saturated rings. The highest BCUT2D eigenvalue weighted by Crippen LogP contribution is 2.31. The summed E-state index contributed by atoms with van der Waals surface area (Å²) in [6, 6.07) is -23.0. The number of aliphatic hydroxyl groups excluding tert-OH is 2. The predicted octanol–water partition coefficient (Wildman–Crippen LogP) is -4.61. The van der Waals surface area contributed by atoms with Crippen molar-refractivity contribution >= 4 is 116 Å². The summed E-state index contributed by atoms with van der Waals surface area (Å²) >= 11 is 0. The second-order valence-corrected chi connectivity index (χ2v) is 30.1. The van der Waals surface area contributed by atoms with Gasteiger partial charge in [0.25, 0.3) is 0 Å². The van der Waals surface area contributed by atoms with Crippen molar-refractivity contribution in [3.8, 4) is 0 Å². The van der Waals surface area contributed by atoms with Crippen molar-refractivity contribution in [2.75, 3.05) is 57.4 Å². The van der Waals surface area contributed by atoms with Gasteiger partial charge in [0.2, 0.25) is 88.5 Å². The van der Waals surface area contributed by atoms with Gasteiger partial charge in [-0.2, -0.15) is 0 Å². The van der Waals surface area contributed by atoms with Gasteiger partial charge in [-0.1, -0.05) is 62.1 Å². The molecule has 20 N–H and O–H groups in total. The normalized spacial score (nSPS) is 27.8. The number of hydrogen-bond acceptors (Lipinski definition) is 21. The fourth-order valence-electron chi connectivity index (χ4n) is 13.1. The number of rotatable bonds is 18. The number of hydrogen-bond donors (Lipinski definition) is 17. The number of fused-ring (bicyclic) bond motifs is 8. The Balaban J connectivity index is 1.55. The summed E-state index contributed by atoms with van der Waals surface area (Å²) in [6.07, 6.45) is -4.32. The minimum Gasteiger partial charge on any atom is -0.481 e. The fourth-order valence-corrected chi connectivity index (χ4v) is 15.4. The zero-order valence-corrected chi connectivity index (χ0v) is 63.0. The highest BCUT2D eigenvalue weighted by Gasteiger charge is 2.48. The van der Waals surface area contributed by atoms with Gasteiger partial charge in [-0.3, -0.25) is 76.9 Å². The summed E-state index contributed by atoms with van der Waals surface area (Å²) in [6.45, 7) is 4.84. The van der Waals surface area contributed by atoms with Gasteiger partial charge >= 0.3 is 5.97 Å². The SMILES string of the molecule is CC[C@H](C)[C@@H]1NC(=O)[C@@H]2CCCN2C(=O)[C@@H]2CCCN2C(=O)[C@H]([C@@H](C)CC)NC(=O)[C@H](CO)NC(=O)[C@H](CCCCN)NC(=O)[C@H]([C@@H](C)O)NC(=O)[C@@H]2CSSC[C@H](NC1=O)C(=O)N[C@@H](Cc1c(F)c(F)c(F)c(F)c1F)C(=O)N1CCC[C@@H]1C(=O)N[C@@H](CC(=O)O)C(=O)NCC(=O)N[C@@H](CCCN=C(N)N)C(=O)N2. The molecule has 110 heavy (non-hydrogen) atoms. The van der Waals surface area contributed by atoms with E-state index in [2.05, 4.69) is 63.5 Å². The van der Waals surface area contributed by atoms with Crippen molar-refractivity contribution in [3.05, 3.63) is 34.6 Å². The number of aliphatic imine (C=N–C) groups is 1. The summed E-state index contributed by atoms with van der Waals surface area (Å²) < 4.78 is 76.5. The molecule has 6 rings (SSSR count). The maximum atomic E-state index is 15.9. The molecule has 5 heterocycles. The molecular weight excluding hydrogens is 1500 g/mol. The highest BCUT2D eigenvalue weighted by molar-refractivity contribution is 8.76. The minimum atomic E-state index is -2.61. The molecule has 2 bridgehead atoms. The Morgan fingerprint density at radius 1 is 0.509 bits per heavy atom. The van der Waals surface area contributed by atoms with Crippen LogP contribution in [0.4, 0.5) is 22.0 Å². The maximum Gasteiger partial charge on any atom is 0.305 e. The lowest BCUT2D eigenvalue weighted by Gasteiger charge is -2.35. The number of carboxylic acid groups (broad SMARTS) is 1. The number of unbranched alkanes of at least 4 members (excludes halogenated alkanes) is 1. The van der Waals surface area contributed by atoms with Gasteiger partial charge < -0.3 is 106 Å². The van der Waals surface area contributed by atoms with Crippen LogP contribution in [0.1, 0.15) is 130 Å². The van der Waals surface area contributed by atoms with E-state index in [9.17, 15) is 77.2 Å². The Kier molecular flexibility index (Phi) is 34.4. The van der Waals surface area contributed by atoms with Crippen molar-refractivity contribution in [2.24, 2.45) is 34.0 Å². The number of aliphatic hydroxyl groups is 2. The topological polar surface area (TPSA) is 549 Å². The number of benzene rings is 1. The van der Waals surface area contributed by atoms with Crippen LogP contribution in [0.25, 0.3) is 0 Å². The fraction of sp³-hybridized carbons (Fsp3) is 0.672. The molecule has 1 aromatic rings. The molecule has 0 aliphatic carbocycles. The zero-order chi connectivity index (χ0) is 81.5. The number of nitrogens with zero attached hydrogens (tertiary/aromatic N) is 4. The first kappa shape index (κ1) is 89.7. The van der Waals surface area contributed by atoms with Crippen molar-refractivity contribution in [3.63, 3.8) is 0 Å².